The van der Waals surface area contributed by atoms with Gasteiger partial charge in [0.1, 0.15) is 11.6 Å². The highest BCUT2D eigenvalue weighted by Gasteiger charge is 2.43. The summed E-state index contributed by atoms with van der Waals surface area (Å²) in [6.45, 7) is 9.57. The van der Waals surface area contributed by atoms with Gasteiger partial charge in [-0.05, 0) is 31.1 Å². The van der Waals surface area contributed by atoms with Crippen LogP contribution in [-0.4, -0.2) is 84.7 Å². The zero-order chi connectivity index (χ0) is 24.8. The summed E-state index contributed by atoms with van der Waals surface area (Å²) in [5, 5.41) is 15.7. The molecule has 190 valence electrons. The van der Waals surface area contributed by atoms with Crippen molar-refractivity contribution in [2.45, 2.75) is 83.3 Å². The van der Waals surface area contributed by atoms with Crippen LogP contribution >= 0.6 is 0 Å². The maximum atomic E-state index is 13.6. The first-order chi connectivity index (χ1) is 16.1. The van der Waals surface area contributed by atoms with Crippen LogP contribution in [0.2, 0.25) is 0 Å². The standard InChI is InChI=1S/C24H41N7O3/c1-23(2,3)15-19(27-22(28-21(26)33)30-11-13-34-14-12-30)20(32)29-24(16-25)9-10-31(17-24)18-7-5-4-6-8-18/h18-19H,4-15,17H2,1-3H3,(H,29,32)(H3,26,27,28,33). The largest absolute Gasteiger partial charge is 0.378 e. The molecular weight excluding hydrogens is 434 g/mol. The number of nitriles is 1. The van der Waals surface area contributed by atoms with E-state index in [0.29, 0.717) is 51.7 Å². The number of carbonyl (C=O) groups excluding carboxylic acids is 2. The lowest BCUT2D eigenvalue weighted by atomic mass is 9.87. The van der Waals surface area contributed by atoms with Gasteiger partial charge in [-0.3, -0.25) is 15.0 Å². The van der Waals surface area contributed by atoms with E-state index in [-0.39, 0.29) is 17.3 Å². The number of amides is 3. The predicted molar refractivity (Wildman–Crippen MR) is 130 cm³/mol. The van der Waals surface area contributed by atoms with Crippen molar-refractivity contribution in [2.24, 2.45) is 16.1 Å². The summed E-state index contributed by atoms with van der Waals surface area (Å²) in [4.78, 5) is 34.2. The molecule has 0 aromatic heterocycles. The van der Waals surface area contributed by atoms with Gasteiger partial charge in [-0.2, -0.15) is 5.26 Å². The molecular formula is C24H41N7O3. The number of nitrogens with two attached hydrogens (primary N) is 1. The highest BCUT2D eigenvalue weighted by Crippen LogP contribution is 2.30. The normalized spacial score (nSPS) is 26.1. The smallest absolute Gasteiger partial charge is 0.318 e. The second kappa shape index (κ2) is 11.4. The third-order valence-electron chi connectivity index (χ3n) is 6.90. The van der Waals surface area contributed by atoms with Gasteiger partial charge in [0.15, 0.2) is 0 Å². The molecule has 1 aliphatic carbocycles. The molecule has 0 bridgehead atoms. The van der Waals surface area contributed by atoms with Gasteiger partial charge in [0, 0.05) is 32.2 Å². The van der Waals surface area contributed by atoms with Crippen LogP contribution in [0.1, 0.15) is 65.7 Å². The minimum absolute atomic E-state index is 0.196. The van der Waals surface area contributed by atoms with Gasteiger partial charge in [0.2, 0.25) is 11.9 Å². The molecule has 0 radical (unpaired) electrons. The molecule has 3 rings (SSSR count). The van der Waals surface area contributed by atoms with Crippen molar-refractivity contribution in [3.05, 3.63) is 0 Å². The number of ether oxygens (including phenoxy) is 1. The van der Waals surface area contributed by atoms with E-state index in [1.54, 1.807) is 0 Å². The summed E-state index contributed by atoms with van der Waals surface area (Å²) in [5.41, 5.74) is 4.29. The molecule has 34 heavy (non-hydrogen) atoms. The Morgan fingerprint density at radius 1 is 1.21 bits per heavy atom. The summed E-state index contributed by atoms with van der Waals surface area (Å²) >= 11 is 0. The van der Waals surface area contributed by atoms with Crippen molar-refractivity contribution < 1.29 is 14.3 Å². The Hall–Kier alpha value is -2.38. The first kappa shape index (κ1) is 26.2. The van der Waals surface area contributed by atoms with Crippen molar-refractivity contribution in [1.82, 2.24) is 20.4 Å². The first-order valence-electron chi connectivity index (χ1n) is 12.6. The van der Waals surface area contributed by atoms with Crippen LogP contribution in [0.25, 0.3) is 0 Å². The number of guanidine groups is 1. The zero-order valence-corrected chi connectivity index (χ0v) is 20.9. The third-order valence-corrected chi connectivity index (χ3v) is 6.90. The summed E-state index contributed by atoms with van der Waals surface area (Å²) in [5.74, 6) is -0.0135. The summed E-state index contributed by atoms with van der Waals surface area (Å²) in [7, 11) is 0. The number of aliphatic imine (C=N–C) groups is 1. The maximum Gasteiger partial charge on any atom is 0.318 e. The molecule has 0 spiro atoms. The summed E-state index contributed by atoms with van der Waals surface area (Å²) < 4.78 is 5.40. The van der Waals surface area contributed by atoms with E-state index in [2.05, 4.69) is 26.6 Å². The second-order valence-electron chi connectivity index (χ2n) is 11.0. The number of nitrogens with one attached hydrogen (secondary N) is 2. The van der Waals surface area contributed by atoms with Crippen LogP contribution in [0.4, 0.5) is 4.79 Å². The van der Waals surface area contributed by atoms with Crippen LogP contribution in [0.5, 0.6) is 0 Å². The predicted octanol–water partition coefficient (Wildman–Crippen LogP) is 1.56. The fourth-order valence-electron chi connectivity index (χ4n) is 5.14. The van der Waals surface area contributed by atoms with Crippen molar-refractivity contribution in [2.75, 3.05) is 39.4 Å². The molecule has 0 aromatic rings. The molecule has 2 aliphatic heterocycles. The molecule has 3 fully saturated rings. The van der Waals surface area contributed by atoms with E-state index in [1.165, 1.54) is 19.3 Å². The Balaban J connectivity index is 1.78. The number of hydrogen-bond donors (Lipinski definition) is 3. The SMILES string of the molecule is CC(C)(C)CC(N=C(NC(N)=O)N1CCOCC1)C(=O)NC1(C#N)CCN(C2CCCCC2)C1. The van der Waals surface area contributed by atoms with Crippen LogP contribution < -0.4 is 16.4 Å². The minimum Gasteiger partial charge on any atom is -0.378 e. The van der Waals surface area contributed by atoms with Crippen LogP contribution in [0, 0.1) is 16.7 Å². The highest BCUT2D eigenvalue weighted by atomic mass is 16.5. The van der Waals surface area contributed by atoms with Gasteiger partial charge in [-0.1, -0.05) is 40.0 Å². The number of hydrogen-bond acceptors (Lipinski definition) is 6. The lowest BCUT2D eigenvalue weighted by Gasteiger charge is -2.33. The third kappa shape index (κ3) is 7.31. The average Bonchev–Trinajstić information content (AvgIpc) is 3.22. The number of carbonyl (C=O) groups is 2. The average molecular weight is 476 g/mol. The van der Waals surface area contributed by atoms with Gasteiger partial charge < -0.3 is 20.7 Å². The molecule has 2 saturated heterocycles. The Morgan fingerprint density at radius 3 is 2.47 bits per heavy atom. The molecule has 0 aromatic carbocycles. The van der Waals surface area contributed by atoms with Crippen molar-refractivity contribution in [3.8, 4) is 6.07 Å². The van der Waals surface area contributed by atoms with Gasteiger partial charge in [0.05, 0.1) is 19.3 Å². The molecule has 2 atom stereocenters. The molecule has 10 nitrogen and oxygen atoms in total. The first-order valence-corrected chi connectivity index (χ1v) is 12.6. The zero-order valence-electron chi connectivity index (χ0n) is 20.9. The van der Waals surface area contributed by atoms with Crippen LogP contribution in [-0.2, 0) is 9.53 Å². The Morgan fingerprint density at radius 2 is 1.88 bits per heavy atom. The van der Waals surface area contributed by atoms with E-state index >= 15 is 0 Å². The van der Waals surface area contributed by atoms with E-state index in [4.69, 9.17) is 10.5 Å². The number of morpholine rings is 1. The number of likely N-dealkylation sites (tertiary alicyclic amines) is 1. The van der Waals surface area contributed by atoms with E-state index in [9.17, 15) is 14.9 Å². The van der Waals surface area contributed by atoms with E-state index in [1.807, 2.05) is 25.7 Å². The molecule has 4 N–H and O–H groups in total. The minimum atomic E-state index is -0.920. The Labute approximate surface area is 203 Å². The van der Waals surface area contributed by atoms with Gasteiger partial charge in [-0.15, -0.1) is 0 Å². The lowest BCUT2D eigenvalue weighted by Crippen LogP contribution is -2.55. The molecule has 2 heterocycles. The lowest BCUT2D eigenvalue weighted by molar-refractivity contribution is -0.124. The quantitative estimate of drug-likeness (QED) is 0.408. The van der Waals surface area contributed by atoms with Gasteiger partial charge in [0.25, 0.3) is 0 Å². The van der Waals surface area contributed by atoms with E-state index in [0.717, 1.165) is 19.4 Å². The summed E-state index contributed by atoms with van der Waals surface area (Å²) in [6.07, 6.45) is 7.12. The monoisotopic (exact) mass is 475 g/mol. The molecule has 3 aliphatic rings. The number of urea groups is 1. The molecule has 10 heteroatoms. The topological polar surface area (TPSA) is 136 Å². The van der Waals surface area contributed by atoms with Crippen molar-refractivity contribution in [1.29, 1.82) is 5.26 Å². The number of primary amides is 1. The molecule has 2 unspecified atom stereocenters. The van der Waals surface area contributed by atoms with Crippen LogP contribution in [0.3, 0.4) is 0 Å². The number of rotatable bonds is 5. The number of nitrogens with zero attached hydrogens (tertiary/aromatic N) is 4. The fourth-order valence-corrected chi connectivity index (χ4v) is 5.14. The Kier molecular flexibility index (Phi) is 8.77. The van der Waals surface area contributed by atoms with Gasteiger partial charge in [-0.25, -0.2) is 9.79 Å². The van der Waals surface area contributed by atoms with Crippen molar-refractivity contribution in [3.63, 3.8) is 0 Å². The second-order valence-corrected chi connectivity index (χ2v) is 11.0. The van der Waals surface area contributed by atoms with E-state index < -0.39 is 17.6 Å². The Bertz CT molecular complexity index is 791. The van der Waals surface area contributed by atoms with Gasteiger partial charge >= 0.3 is 6.03 Å². The summed E-state index contributed by atoms with van der Waals surface area (Å²) in [6, 6.07) is 1.41. The van der Waals surface area contributed by atoms with Crippen molar-refractivity contribution >= 4 is 17.9 Å². The molecule has 3 amide bonds. The maximum absolute atomic E-state index is 13.6. The van der Waals surface area contributed by atoms with Crippen LogP contribution in [0.15, 0.2) is 4.99 Å². The highest BCUT2D eigenvalue weighted by molar-refractivity contribution is 5.97. The fraction of sp³-hybridized carbons (Fsp3) is 0.833. The molecule has 1 saturated carbocycles.